The predicted molar refractivity (Wildman–Crippen MR) is 153 cm³/mol. The highest BCUT2D eigenvalue weighted by molar-refractivity contribution is 8.00. The third kappa shape index (κ3) is 4.99. The monoisotopic (exact) mass is 541 g/mol. The Morgan fingerprint density at radius 3 is 2.85 bits per heavy atom. The first kappa shape index (κ1) is 25.5. The smallest absolute Gasteiger partial charge is 0.327 e. The minimum Gasteiger partial charge on any atom is -0.457 e. The number of aryl methyl sites for hydroxylation is 1. The van der Waals surface area contributed by atoms with Gasteiger partial charge < -0.3 is 20.3 Å². The third-order valence-corrected chi connectivity index (χ3v) is 8.79. The zero-order chi connectivity index (χ0) is 26.9. The first-order chi connectivity index (χ1) is 19.0. The van der Waals surface area contributed by atoms with Crippen LogP contribution in [0, 0.1) is 6.92 Å². The summed E-state index contributed by atoms with van der Waals surface area (Å²) in [4.78, 5) is 33.9. The first-order valence-corrected chi connectivity index (χ1v) is 14.1. The lowest BCUT2D eigenvalue weighted by atomic mass is 9.99. The fraction of sp³-hybridized carbons (Fsp3) is 0.300. The van der Waals surface area contributed by atoms with Crippen LogP contribution in [-0.4, -0.2) is 52.7 Å². The van der Waals surface area contributed by atoms with Gasteiger partial charge in [0.2, 0.25) is 5.91 Å². The summed E-state index contributed by atoms with van der Waals surface area (Å²) in [7, 11) is 0. The number of urea groups is 1. The molecule has 4 heterocycles. The van der Waals surface area contributed by atoms with E-state index in [1.165, 1.54) is 6.08 Å². The Morgan fingerprint density at radius 1 is 1.21 bits per heavy atom. The average Bonchev–Trinajstić information content (AvgIpc) is 3.31. The number of pyridine rings is 1. The summed E-state index contributed by atoms with van der Waals surface area (Å²) < 4.78 is 6.00. The number of amides is 3. The molecule has 1 fully saturated rings. The van der Waals surface area contributed by atoms with E-state index in [0.717, 1.165) is 58.4 Å². The number of aromatic nitrogens is 1. The molecule has 2 unspecified atom stereocenters. The highest BCUT2D eigenvalue weighted by Gasteiger charge is 2.44. The molecule has 3 aliphatic heterocycles. The largest absolute Gasteiger partial charge is 0.457 e. The molecule has 6 rings (SSSR count). The summed E-state index contributed by atoms with van der Waals surface area (Å²) in [6.45, 7) is 7.75. The molecule has 0 aliphatic carbocycles. The Hall–Kier alpha value is -3.82. The Kier molecular flexibility index (Phi) is 7.01. The fourth-order valence-electron chi connectivity index (χ4n) is 5.62. The Labute approximate surface area is 232 Å². The SMILES string of the molecule is C=CC(=O)N1CCCC(NC[C@H]2Sc3nccc4c3C2NC(=O)N4c2ccc(Oc3ccccc3)cc2C)C1. The zero-order valence-electron chi connectivity index (χ0n) is 21.8. The molecule has 1 aromatic heterocycles. The molecule has 2 aromatic carbocycles. The number of hydrogen-bond donors (Lipinski definition) is 2. The zero-order valence-corrected chi connectivity index (χ0v) is 22.6. The van der Waals surface area contributed by atoms with Crippen molar-refractivity contribution in [2.45, 2.75) is 42.1 Å². The van der Waals surface area contributed by atoms with Gasteiger partial charge in [0.05, 0.1) is 17.4 Å². The standard InChI is InChI=1S/C30H31N5O3S/c1-3-26(36)34-15-7-8-20(18-34)32-17-25-28-27-24(13-14-31-29(27)39-25)35(30(37)33-28)23-12-11-22(16-19(23)2)38-21-9-5-4-6-10-21/h3-6,9-14,16,20,25,28,32H,1,7-8,15,17-18H2,2H3,(H,33,37)/t20?,25-,28?/m1/s1. The summed E-state index contributed by atoms with van der Waals surface area (Å²) in [6, 6.07) is 17.3. The van der Waals surface area contributed by atoms with Gasteiger partial charge >= 0.3 is 6.03 Å². The highest BCUT2D eigenvalue weighted by atomic mass is 32.2. The number of thioether (sulfide) groups is 1. The van der Waals surface area contributed by atoms with E-state index in [0.29, 0.717) is 13.1 Å². The fourth-order valence-corrected chi connectivity index (χ4v) is 6.90. The van der Waals surface area contributed by atoms with E-state index in [2.05, 4.69) is 22.2 Å². The molecule has 1 saturated heterocycles. The summed E-state index contributed by atoms with van der Waals surface area (Å²) in [6.07, 6.45) is 5.14. The van der Waals surface area contributed by atoms with Gasteiger partial charge in [-0.3, -0.25) is 9.69 Å². The van der Waals surface area contributed by atoms with Gasteiger partial charge in [-0.1, -0.05) is 36.5 Å². The molecule has 8 nitrogen and oxygen atoms in total. The van der Waals surface area contributed by atoms with Crippen molar-refractivity contribution in [3.63, 3.8) is 0 Å². The maximum atomic E-state index is 13.6. The van der Waals surface area contributed by atoms with E-state index in [4.69, 9.17) is 4.74 Å². The molecule has 2 N–H and O–H groups in total. The van der Waals surface area contributed by atoms with Crippen LogP contribution in [-0.2, 0) is 4.79 Å². The minimum absolute atomic E-state index is 0.0208. The summed E-state index contributed by atoms with van der Waals surface area (Å²) in [5, 5.41) is 7.96. The van der Waals surface area contributed by atoms with Crippen molar-refractivity contribution in [1.29, 1.82) is 0 Å². The number of para-hydroxylation sites is 1. The molecule has 9 heteroatoms. The van der Waals surface area contributed by atoms with Gasteiger partial charge in [0.1, 0.15) is 16.5 Å². The van der Waals surface area contributed by atoms with Crippen LogP contribution < -0.4 is 20.3 Å². The minimum atomic E-state index is -0.155. The molecular formula is C30H31N5O3S. The number of carbonyl (C=O) groups excluding carboxylic acids is 2. The molecular weight excluding hydrogens is 510 g/mol. The summed E-state index contributed by atoms with van der Waals surface area (Å²) in [5.41, 5.74) is 3.66. The number of benzene rings is 2. The van der Waals surface area contributed by atoms with E-state index in [1.54, 1.807) is 22.9 Å². The lowest BCUT2D eigenvalue weighted by Crippen LogP contribution is -2.51. The molecule has 3 aromatic rings. The number of rotatable bonds is 7. The van der Waals surface area contributed by atoms with Gasteiger partial charge in [0.25, 0.3) is 0 Å². The van der Waals surface area contributed by atoms with E-state index in [-0.39, 0.29) is 29.3 Å². The van der Waals surface area contributed by atoms with Gasteiger partial charge in [-0.25, -0.2) is 9.78 Å². The van der Waals surface area contributed by atoms with E-state index < -0.39 is 0 Å². The number of carbonyl (C=O) groups is 2. The average molecular weight is 542 g/mol. The quantitative estimate of drug-likeness (QED) is 0.394. The van der Waals surface area contributed by atoms with Crippen LogP contribution in [0.5, 0.6) is 11.5 Å². The molecule has 0 saturated carbocycles. The van der Waals surface area contributed by atoms with Gasteiger partial charge in [-0.2, -0.15) is 0 Å². The van der Waals surface area contributed by atoms with Crippen molar-refractivity contribution in [3.05, 3.63) is 84.6 Å². The van der Waals surface area contributed by atoms with Crippen molar-refractivity contribution in [2.75, 3.05) is 24.5 Å². The Morgan fingerprint density at radius 2 is 2.05 bits per heavy atom. The predicted octanol–water partition coefficient (Wildman–Crippen LogP) is 5.33. The van der Waals surface area contributed by atoms with Crippen LogP contribution in [0.2, 0.25) is 0 Å². The number of anilines is 2. The molecule has 0 bridgehead atoms. The van der Waals surface area contributed by atoms with Crippen LogP contribution in [0.25, 0.3) is 0 Å². The Balaban J connectivity index is 1.20. The number of hydrogen-bond acceptors (Lipinski definition) is 6. The van der Waals surface area contributed by atoms with Crippen molar-refractivity contribution in [1.82, 2.24) is 20.5 Å². The maximum absolute atomic E-state index is 13.6. The topological polar surface area (TPSA) is 86.8 Å². The van der Waals surface area contributed by atoms with E-state index in [1.807, 2.05) is 66.4 Å². The second-order valence-corrected chi connectivity index (χ2v) is 11.3. The van der Waals surface area contributed by atoms with E-state index >= 15 is 0 Å². The number of nitrogens with zero attached hydrogens (tertiary/aromatic N) is 3. The summed E-state index contributed by atoms with van der Waals surface area (Å²) in [5.74, 6) is 1.46. The van der Waals surface area contributed by atoms with Gasteiger partial charge in [-0.05, 0) is 67.8 Å². The number of piperidine rings is 1. The molecule has 3 aliphatic rings. The molecule has 200 valence electrons. The number of ether oxygens (including phenoxy) is 1. The molecule has 39 heavy (non-hydrogen) atoms. The second-order valence-electron chi connectivity index (χ2n) is 10.1. The van der Waals surface area contributed by atoms with Crippen LogP contribution in [0.4, 0.5) is 16.2 Å². The second kappa shape index (κ2) is 10.7. The van der Waals surface area contributed by atoms with Crippen molar-refractivity contribution in [2.24, 2.45) is 0 Å². The first-order valence-electron chi connectivity index (χ1n) is 13.3. The number of likely N-dealkylation sites (tertiary alicyclic amines) is 1. The van der Waals surface area contributed by atoms with Crippen molar-refractivity contribution < 1.29 is 14.3 Å². The molecule has 0 radical (unpaired) electrons. The van der Waals surface area contributed by atoms with Crippen LogP contribution >= 0.6 is 11.8 Å². The molecule has 3 amide bonds. The summed E-state index contributed by atoms with van der Waals surface area (Å²) >= 11 is 1.70. The van der Waals surface area contributed by atoms with Gasteiger partial charge in [0.15, 0.2) is 0 Å². The number of nitrogens with one attached hydrogen (secondary N) is 2. The lowest BCUT2D eigenvalue weighted by Gasteiger charge is -2.36. The van der Waals surface area contributed by atoms with Crippen molar-refractivity contribution in [3.8, 4) is 11.5 Å². The lowest BCUT2D eigenvalue weighted by molar-refractivity contribution is -0.127. The normalized spacial score (nSPS) is 21.8. The van der Waals surface area contributed by atoms with Gasteiger partial charge in [-0.15, -0.1) is 0 Å². The Bertz CT molecular complexity index is 1410. The van der Waals surface area contributed by atoms with Gasteiger partial charge in [0, 0.05) is 42.7 Å². The third-order valence-electron chi connectivity index (χ3n) is 7.50. The van der Waals surface area contributed by atoms with Crippen molar-refractivity contribution >= 4 is 35.1 Å². The van der Waals surface area contributed by atoms with Crippen LogP contribution in [0.1, 0.15) is 30.0 Å². The van der Waals surface area contributed by atoms with Crippen LogP contribution in [0.3, 0.4) is 0 Å². The molecule has 0 spiro atoms. The van der Waals surface area contributed by atoms with E-state index in [9.17, 15) is 9.59 Å². The molecule has 3 atom stereocenters. The maximum Gasteiger partial charge on any atom is 0.327 e. The highest BCUT2D eigenvalue weighted by Crippen LogP contribution is 2.50. The van der Waals surface area contributed by atoms with Crippen LogP contribution in [0.15, 0.2) is 78.5 Å².